The number of aromatic hydroxyl groups is 1. The first-order chi connectivity index (χ1) is 12.2. The minimum absolute atomic E-state index is 0.253. The smallest absolute Gasteiger partial charge is 0.141 e. The average molecular weight is 333 g/mol. The molecule has 128 valence electrons. The lowest BCUT2D eigenvalue weighted by Gasteiger charge is -2.36. The summed E-state index contributed by atoms with van der Waals surface area (Å²) in [5.74, 6) is 0.253. The first-order valence-corrected chi connectivity index (χ1v) is 8.80. The van der Waals surface area contributed by atoms with E-state index in [1.807, 2.05) is 18.2 Å². The molecule has 0 amide bonds. The summed E-state index contributed by atoms with van der Waals surface area (Å²) >= 11 is 0. The van der Waals surface area contributed by atoms with Crippen LogP contribution in [0, 0.1) is 6.92 Å². The number of phenolic OH excluding ortho intramolecular Hbond substituents is 1. The summed E-state index contributed by atoms with van der Waals surface area (Å²) in [5, 5.41) is 11.0. The molecule has 1 N–H and O–H groups in total. The van der Waals surface area contributed by atoms with Crippen LogP contribution in [0.25, 0.3) is 10.9 Å². The Labute approximate surface area is 148 Å². The highest BCUT2D eigenvalue weighted by Gasteiger charge is 2.18. The zero-order chi connectivity index (χ0) is 17.2. The summed E-state index contributed by atoms with van der Waals surface area (Å²) < 4.78 is 0. The largest absolute Gasteiger partial charge is 0.506 e. The molecule has 0 spiro atoms. The van der Waals surface area contributed by atoms with E-state index in [4.69, 9.17) is 0 Å². The van der Waals surface area contributed by atoms with Crippen molar-refractivity contribution in [2.75, 3.05) is 31.1 Å². The zero-order valence-corrected chi connectivity index (χ0v) is 14.5. The van der Waals surface area contributed by atoms with E-state index in [1.165, 1.54) is 16.8 Å². The maximum atomic E-state index is 10.00. The molecule has 1 saturated heterocycles. The van der Waals surface area contributed by atoms with E-state index in [1.54, 1.807) is 12.3 Å². The minimum Gasteiger partial charge on any atom is -0.506 e. The lowest BCUT2D eigenvalue weighted by atomic mass is 10.1. The van der Waals surface area contributed by atoms with Gasteiger partial charge < -0.3 is 10.0 Å². The Morgan fingerprint density at radius 1 is 0.960 bits per heavy atom. The lowest BCUT2D eigenvalue weighted by Crippen LogP contribution is -2.46. The maximum Gasteiger partial charge on any atom is 0.141 e. The highest BCUT2D eigenvalue weighted by atomic mass is 16.3. The van der Waals surface area contributed by atoms with Gasteiger partial charge in [0.05, 0.1) is 0 Å². The van der Waals surface area contributed by atoms with Crippen LogP contribution < -0.4 is 4.90 Å². The van der Waals surface area contributed by atoms with Crippen molar-refractivity contribution in [2.45, 2.75) is 13.5 Å². The number of phenols is 1. The Balaban J connectivity index is 1.45. The quantitative estimate of drug-likeness (QED) is 0.795. The van der Waals surface area contributed by atoms with E-state index in [-0.39, 0.29) is 5.75 Å². The lowest BCUT2D eigenvalue weighted by molar-refractivity contribution is 0.250. The van der Waals surface area contributed by atoms with Crippen molar-refractivity contribution in [3.05, 3.63) is 65.9 Å². The van der Waals surface area contributed by atoms with Gasteiger partial charge in [-0.2, -0.15) is 0 Å². The Kier molecular flexibility index (Phi) is 4.28. The third kappa shape index (κ3) is 3.30. The van der Waals surface area contributed by atoms with Crippen molar-refractivity contribution in [1.82, 2.24) is 9.88 Å². The number of hydrogen-bond donors (Lipinski definition) is 1. The molecule has 3 aromatic rings. The molecule has 2 heterocycles. The van der Waals surface area contributed by atoms with Gasteiger partial charge in [0.25, 0.3) is 0 Å². The van der Waals surface area contributed by atoms with E-state index < -0.39 is 0 Å². The summed E-state index contributed by atoms with van der Waals surface area (Å²) in [7, 11) is 0. The summed E-state index contributed by atoms with van der Waals surface area (Å²) in [4.78, 5) is 9.24. The van der Waals surface area contributed by atoms with Crippen LogP contribution in [0.15, 0.2) is 54.7 Å². The molecule has 4 nitrogen and oxygen atoms in total. The number of anilines is 1. The minimum atomic E-state index is 0.253. The molecular weight excluding hydrogens is 310 g/mol. The van der Waals surface area contributed by atoms with Crippen molar-refractivity contribution in [3.8, 4) is 5.75 Å². The molecular formula is C21H23N3O. The highest BCUT2D eigenvalue weighted by molar-refractivity contribution is 5.87. The molecule has 1 aromatic heterocycles. The standard InChI is InChI=1S/C21H23N3O/c1-16-4-7-18(8-5-16)24-13-11-23(12-14-24)15-17-6-9-20(25)21-19(17)3-2-10-22-21/h2-10,25H,11-15H2,1H3. The molecule has 0 atom stereocenters. The van der Waals surface area contributed by atoms with E-state index in [9.17, 15) is 5.11 Å². The number of aryl methyl sites for hydroxylation is 1. The predicted octanol–water partition coefficient (Wildman–Crippen LogP) is 3.57. The van der Waals surface area contributed by atoms with Gasteiger partial charge in [-0.05, 0) is 36.8 Å². The summed E-state index contributed by atoms with van der Waals surface area (Å²) in [6.07, 6.45) is 1.73. The molecule has 0 aliphatic carbocycles. The van der Waals surface area contributed by atoms with Gasteiger partial charge in [0.15, 0.2) is 0 Å². The number of fused-ring (bicyclic) bond motifs is 1. The fourth-order valence-electron chi connectivity index (χ4n) is 3.52. The third-order valence-corrected chi connectivity index (χ3v) is 5.00. The second kappa shape index (κ2) is 6.73. The Hall–Kier alpha value is -2.59. The van der Waals surface area contributed by atoms with Gasteiger partial charge in [-0.3, -0.25) is 9.88 Å². The average Bonchev–Trinajstić information content (AvgIpc) is 2.66. The van der Waals surface area contributed by atoms with E-state index in [0.29, 0.717) is 5.52 Å². The summed E-state index contributed by atoms with van der Waals surface area (Å²) in [5.41, 5.74) is 4.53. The zero-order valence-electron chi connectivity index (χ0n) is 14.5. The number of aromatic nitrogens is 1. The van der Waals surface area contributed by atoms with Crippen LogP contribution in [0.5, 0.6) is 5.75 Å². The Bertz CT molecular complexity index is 868. The van der Waals surface area contributed by atoms with Crippen LogP contribution in [0.3, 0.4) is 0 Å². The number of piperazine rings is 1. The van der Waals surface area contributed by atoms with Gasteiger partial charge in [-0.25, -0.2) is 0 Å². The van der Waals surface area contributed by atoms with Crippen molar-refractivity contribution in [1.29, 1.82) is 0 Å². The molecule has 1 fully saturated rings. The third-order valence-electron chi connectivity index (χ3n) is 5.00. The van der Waals surface area contributed by atoms with Crippen LogP contribution in [0.1, 0.15) is 11.1 Å². The second-order valence-corrected chi connectivity index (χ2v) is 6.74. The van der Waals surface area contributed by atoms with Gasteiger partial charge in [-0.1, -0.05) is 29.8 Å². The molecule has 0 saturated carbocycles. The maximum absolute atomic E-state index is 10.00. The SMILES string of the molecule is Cc1ccc(N2CCN(Cc3ccc(O)c4ncccc34)CC2)cc1. The monoisotopic (exact) mass is 333 g/mol. The second-order valence-electron chi connectivity index (χ2n) is 6.74. The van der Waals surface area contributed by atoms with Gasteiger partial charge in [0.1, 0.15) is 11.3 Å². The van der Waals surface area contributed by atoms with E-state index >= 15 is 0 Å². The molecule has 0 unspecified atom stereocenters. The van der Waals surface area contributed by atoms with Gasteiger partial charge >= 0.3 is 0 Å². The molecule has 2 aromatic carbocycles. The molecule has 25 heavy (non-hydrogen) atoms. The molecule has 4 heteroatoms. The van der Waals surface area contributed by atoms with Crippen LogP contribution in [0.4, 0.5) is 5.69 Å². The first-order valence-electron chi connectivity index (χ1n) is 8.80. The topological polar surface area (TPSA) is 39.6 Å². The van der Waals surface area contributed by atoms with Crippen molar-refractivity contribution in [2.24, 2.45) is 0 Å². The van der Waals surface area contributed by atoms with Crippen molar-refractivity contribution >= 4 is 16.6 Å². The normalized spacial score (nSPS) is 15.6. The predicted molar refractivity (Wildman–Crippen MR) is 102 cm³/mol. The van der Waals surface area contributed by atoms with Crippen LogP contribution in [-0.2, 0) is 6.54 Å². The van der Waals surface area contributed by atoms with Gasteiger partial charge in [0, 0.05) is 50.0 Å². The van der Waals surface area contributed by atoms with Crippen LogP contribution in [-0.4, -0.2) is 41.2 Å². The highest BCUT2D eigenvalue weighted by Crippen LogP contribution is 2.27. The van der Waals surface area contributed by atoms with Crippen molar-refractivity contribution < 1.29 is 5.11 Å². The number of hydrogen-bond acceptors (Lipinski definition) is 4. The molecule has 0 bridgehead atoms. The summed E-state index contributed by atoms with van der Waals surface area (Å²) in [6, 6.07) is 16.5. The number of benzene rings is 2. The Morgan fingerprint density at radius 3 is 2.48 bits per heavy atom. The summed E-state index contributed by atoms with van der Waals surface area (Å²) in [6.45, 7) is 7.17. The fourth-order valence-corrected chi connectivity index (χ4v) is 3.52. The number of pyridine rings is 1. The van der Waals surface area contributed by atoms with Crippen LogP contribution >= 0.6 is 0 Å². The van der Waals surface area contributed by atoms with Crippen LogP contribution in [0.2, 0.25) is 0 Å². The molecule has 1 aliphatic heterocycles. The number of nitrogens with zero attached hydrogens (tertiary/aromatic N) is 3. The number of rotatable bonds is 3. The van der Waals surface area contributed by atoms with Crippen molar-refractivity contribution in [3.63, 3.8) is 0 Å². The fraction of sp³-hybridized carbons (Fsp3) is 0.286. The van der Waals surface area contributed by atoms with E-state index in [2.05, 4.69) is 46.0 Å². The molecule has 0 radical (unpaired) electrons. The molecule has 1 aliphatic rings. The molecule has 4 rings (SSSR count). The first kappa shape index (κ1) is 15.9. The van der Waals surface area contributed by atoms with E-state index in [0.717, 1.165) is 38.1 Å². The van der Waals surface area contributed by atoms with Gasteiger partial charge in [-0.15, -0.1) is 0 Å². The Morgan fingerprint density at radius 2 is 1.72 bits per heavy atom. The van der Waals surface area contributed by atoms with Gasteiger partial charge in [0.2, 0.25) is 0 Å².